The van der Waals surface area contributed by atoms with Gasteiger partial charge in [-0.15, -0.1) is 0 Å². The van der Waals surface area contributed by atoms with Crippen molar-refractivity contribution in [3.05, 3.63) is 18.3 Å². The molecule has 1 atom stereocenters. The number of anilines is 1. The zero-order valence-corrected chi connectivity index (χ0v) is 11.8. The van der Waals surface area contributed by atoms with E-state index < -0.39 is 0 Å². The van der Waals surface area contributed by atoms with Crippen LogP contribution in [-0.2, 0) is 4.79 Å². The number of hydrogen-bond acceptors (Lipinski definition) is 4. The number of hydrogen-bond donors (Lipinski definition) is 1. The largest absolute Gasteiger partial charge is 0.493 e. The number of piperidine rings is 1. The highest BCUT2D eigenvalue weighted by atomic mass is 16.5. The molecule has 108 valence electrons. The van der Waals surface area contributed by atoms with Crippen LogP contribution in [0.5, 0.6) is 5.75 Å². The number of aromatic nitrogens is 1. The lowest BCUT2D eigenvalue weighted by atomic mass is 10.1. The number of carbonyl (C=O) groups is 1. The second-order valence-electron chi connectivity index (χ2n) is 5.60. The average molecular weight is 275 g/mol. The van der Waals surface area contributed by atoms with Gasteiger partial charge in [-0.25, -0.2) is 4.98 Å². The zero-order chi connectivity index (χ0) is 13.9. The van der Waals surface area contributed by atoms with E-state index in [2.05, 4.69) is 15.2 Å². The highest BCUT2D eigenvalue weighted by molar-refractivity contribution is 5.81. The van der Waals surface area contributed by atoms with Crippen LogP contribution in [0, 0.1) is 5.92 Å². The number of ether oxygens (including phenoxy) is 1. The molecule has 2 heterocycles. The second-order valence-corrected chi connectivity index (χ2v) is 5.60. The molecular formula is C15H21N3O2. The van der Waals surface area contributed by atoms with Crippen LogP contribution in [0.4, 0.5) is 5.82 Å². The average Bonchev–Trinajstić information content (AvgIpc) is 3.32. The molecule has 1 aliphatic heterocycles. The molecule has 1 aromatic rings. The number of pyridine rings is 1. The van der Waals surface area contributed by atoms with E-state index >= 15 is 0 Å². The van der Waals surface area contributed by atoms with Gasteiger partial charge < -0.3 is 15.0 Å². The van der Waals surface area contributed by atoms with Crippen LogP contribution in [0.2, 0.25) is 0 Å². The van der Waals surface area contributed by atoms with Crippen LogP contribution in [0.3, 0.4) is 0 Å². The first-order valence-corrected chi connectivity index (χ1v) is 7.32. The van der Waals surface area contributed by atoms with Crippen LogP contribution >= 0.6 is 0 Å². The summed E-state index contributed by atoms with van der Waals surface area (Å²) in [6.45, 7) is 1.77. The topological polar surface area (TPSA) is 54.5 Å². The van der Waals surface area contributed by atoms with E-state index in [1.807, 2.05) is 12.1 Å². The van der Waals surface area contributed by atoms with E-state index in [9.17, 15) is 4.79 Å². The smallest absolute Gasteiger partial charge is 0.223 e. The fourth-order valence-corrected chi connectivity index (χ4v) is 2.73. The summed E-state index contributed by atoms with van der Waals surface area (Å²) in [6.07, 6.45) is 6.00. The Labute approximate surface area is 119 Å². The van der Waals surface area contributed by atoms with Crippen molar-refractivity contribution in [2.45, 2.75) is 31.7 Å². The number of carbonyl (C=O) groups excluding carboxylic acids is 1. The van der Waals surface area contributed by atoms with Crippen LogP contribution in [0.15, 0.2) is 18.3 Å². The summed E-state index contributed by atoms with van der Waals surface area (Å²) in [5, 5.41) is 3.17. The Morgan fingerprint density at radius 1 is 1.45 bits per heavy atom. The van der Waals surface area contributed by atoms with Gasteiger partial charge in [0.05, 0.1) is 7.11 Å². The normalized spacial score (nSPS) is 22.4. The van der Waals surface area contributed by atoms with Gasteiger partial charge >= 0.3 is 0 Å². The zero-order valence-electron chi connectivity index (χ0n) is 11.8. The summed E-state index contributed by atoms with van der Waals surface area (Å²) in [5.41, 5.74) is 0. The predicted molar refractivity (Wildman–Crippen MR) is 76.9 cm³/mol. The van der Waals surface area contributed by atoms with Gasteiger partial charge in [-0.3, -0.25) is 4.79 Å². The van der Waals surface area contributed by atoms with Crippen LogP contribution in [0.25, 0.3) is 0 Å². The molecule has 1 saturated heterocycles. The number of nitrogens with one attached hydrogen (secondary N) is 1. The molecular weight excluding hydrogens is 254 g/mol. The molecule has 20 heavy (non-hydrogen) atoms. The molecule has 1 unspecified atom stereocenters. The first-order chi connectivity index (χ1) is 9.78. The molecule has 2 aliphatic rings. The molecule has 0 bridgehead atoms. The Morgan fingerprint density at radius 3 is 3.05 bits per heavy atom. The van der Waals surface area contributed by atoms with E-state index in [1.54, 1.807) is 13.3 Å². The monoisotopic (exact) mass is 275 g/mol. The fourth-order valence-electron chi connectivity index (χ4n) is 2.73. The minimum Gasteiger partial charge on any atom is -0.493 e. The molecule has 5 nitrogen and oxygen atoms in total. The third-order valence-corrected chi connectivity index (χ3v) is 3.99. The third kappa shape index (κ3) is 2.86. The van der Waals surface area contributed by atoms with Gasteiger partial charge in [0.25, 0.3) is 0 Å². The molecule has 2 fully saturated rings. The van der Waals surface area contributed by atoms with Gasteiger partial charge in [0, 0.05) is 31.2 Å². The van der Waals surface area contributed by atoms with Gasteiger partial charge in [-0.05, 0) is 37.8 Å². The molecule has 0 aromatic carbocycles. The van der Waals surface area contributed by atoms with Crippen molar-refractivity contribution in [2.75, 3.05) is 25.1 Å². The predicted octanol–water partition coefficient (Wildman–Crippen LogP) is 1.59. The van der Waals surface area contributed by atoms with Gasteiger partial charge in [-0.2, -0.15) is 0 Å². The number of nitrogens with zero attached hydrogens (tertiary/aromatic N) is 2. The van der Waals surface area contributed by atoms with Crippen molar-refractivity contribution in [2.24, 2.45) is 5.92 Å². The number of amides is 1. The minimum absolute atomic E-state index is 0.226. The summed E-state index contributed by atoms with van der Waals surface area (Å²) in [7, 11) is 1.66. The maximum absolute atomic E-state index is 11.9. The first-order valence-electron chi connectivity index (χ1n) is 7.32. The Morgan fingerprint density at radius 2 is 2.30 bits per heavy atom. The van der Waals surface area contributed by atoms with Crippen LogP contribution < -0.4 is 15.0 Å². The van der Waals surface area contributed by atoms with Crippen molar-refractivity contribution in [3.63, 3.8) is 0 Å². The second kappa shape index (κ2) is 5.69. The molecule has 1 aromatic heterocycles. The summed E-state index contributed by atoms with van der Waals surface area (Å²) in [5.74, 6) is 2.17. The Balaban J connectivity index is 1.66. The highest BCUT2D eigenvalue weighted by Crippen LogP contribution is 2.30. The first kappa shape index (κ1) is 13.2. The number of rotatable bonds is 4. The van der Waals surface area contributed by atoms with E-state index in [0.29, 0.717) is 0 Å². The van der Waals surface area contributed by atoms with Crippen LogP contribution in [-0.4, -0.2) is 37.1 Å². The summed E-state index contributed by atoms with van der Waals surface area (Å²) < 4.78 is 5.37. The fraction of sp³-hybridized carbons (Fsp3) is 0.600. The van der Waals surface area contributed by atoms with Crippen molar-refractivity contribution >= 4 is 11.7 Å². The van der Waals surface area contributed by atoms with Gasteiger partial charge in [0.15, 0.2) is 11.6 Å². The van der Waals surface area contributed by atoms with E-state index in [0.717, 1.165) is 50.3 Å². The molecule has 3 rings (SSSR count). The quantitative estimate of drug-likeness (QED) is 0.906. The molecule has 1 amide bonds. The minimum atomic E-state index is 0.226. The molecule has 0 spiro atoms. The molecule has 5 heteroatoms. The van der Waals surface area contributed by atoms with Crippen molar-refractivity contribution < 1.29 is 9.53 Å². The van der Waals surface area contributed by atoms with Crippen molar-refractivity contribution in [3.8, 4) is 5.75 Å². The summed E-state index contributed by atoms with van der Waals surface area (Å²) >= 11 is 0. The van der Waals surface area contributed by atoms with Gasteiger partial charge in [0.1, 0.15) is 0 Å². The SMILES string of the molecule is COc1cccnc1N1CCCC(NC(=O)C2CC2)C1. The van der Waals surface area contributed by atoms with E-state index in [-0.39, 0.29) is 17.9 Å². The standard InChI is InChI=1S/C15H21N3O2/c1-20-13-5-2-8-16-14(13)18-9-3-4-12(10-18)17-15(19)11-6-7-11/h2,5,8,11-12H,3-4,6-7,9-10H2,1H3,(H,17,19). The van der Waals surface area contributed by atoms with Gasteiger partial charge in [0.2, 0.25) is 5.91 Å². The van der Waals surface area contributed by atoms with Crippen molar-refractivity contribution in [1.82, 2.24) is 10.3 Å². The van der Waals surface area contributed by atoms with E-state index in [4.69, 9.17) is 4.74 Å². The molecule has 1 N–H and O–H groups in total. The lowest BCUT2D eigenvalue weighted by Crippen LogP contribution is -2.48. The lowest BCUT2D eigenvalue weighted by molar-refractivity contribution is -0.123. The van der Waals surface area contributed by atoms with Crippen molar-refractivity contribution in [1.29, 1.82) is 0 Å². The third-order valence-electron chi connectivity index (χ3n) is 3.99. The maximum Gasteiger partial charge on any atom is 0.223 e. The highest BCUT2D eigenvalue weighted by Gasteiger charge is 2.32. The lowest BCUT2D eigenvalue weighted by Gasteiger charge is -2.34. The van der Waals surface area contributed by atoms with Gasteiger partial charge in [-0.1, -0.05) is 0 Å². The Hall–Kier alpha value is -1.78. The maximum atomic E-state index is 11.9. The Kier molecular flexibility index (Phi) is 3.76. The number of methoxy groups -OCH3 is 1. The summed E-state index contributed by atoms with van der Waals surface area (Å²) in [6, 6.07) is 4.02. The Bertz CT molecular complexity index is 488. The van der Waals surface area contributed by atoms with Crippen LogP contribution in [0.1, 0.15) is 25.7 Å². The molecule has 0 radical (unpaired) electrons. The van der Waals surface area contributed by atoms with E-state index in [1.165, 1.54) is 0 Å². The summed E-state index contributed by atoms with van der Waals surface area (Å²) in [4.78, 5) is 18.5. The molecule has 1 saturated carbocycles. The molecule has 1 aliphatic carbocycles.